The van der Waals surface area contributed by atoms with Crippen molar-refractivity contribution < 1.29 is 14.3 Å². The van der Waals surface area contributed by atoms with Gasteiger partial charge < -0.3 is 15.4 Å². The number of nitrogens with zero attached hydrogens (tertiary/aromatic N) is 1. The molecule has 0 aliphatic heterocycles. The fourth-order valence-corrected chi connectivity index (χ4v) is 2.05. The lowest BCUT2D eigenvalue weighted by atomic mass is 10.2. The highest BCUT2D eigenvalue weighted by Crippen LogP contribution is 2.15. The molecule has 5 heteroatoms. The number of ether oxygens (including phenoxy) is 1. The smallest absolute Gasteiger partial charge is 0.264 e. The molecule has 2 rings (SSSR count). The van der Waals surface area contributed by atoms with E-state index in [1.807, 2.05) is 37.3 Å². The van der Waals surface area contributed by atoms with Crippen LogP contribution < -0.4 is 15.4 Å². The second-order valence-corrected chi connectivity index (χ2v) is 4.65. The van der Waals surface area contributed by atoms with Gasteiger partial charge in [0.2, 0.25) is 5.91 Å². The molecule has 0 atom stereocenters. The maximum absolute atomic E-state index is 12.3. The number of amides is 2. The molecule has 2 aromatic rings. The number of nitrogens with two attached hydrogens (primary N) is 1. The SMILES string of the molecule is CCN(C(=O)COc1ccc(C(N)=O)cc1)c1ccccc1. The highest BCUT2D eigenvalue weighted by atomic mass is 16.5. The molecule has 0 unspecified atom stereocenters. The van der Waals surface area contributed by atoms with Gasteiger partial charge in [0.05, 0.1) is 0 Å². The first kappa shape index (κ1) is 15.6. The molecule has 2 N–H and O–H groups in total. The average Bonchev–Trinajstić information content (AvgIpc) is 2.55. The quantitative estimate of drug-likeness (QED) is 0.888. The number of likely N-dealkylation sites (N-methyl/N-ethyl adjacent to an activating group) is 1. The maximum Gasteiger partial charge on any atom is 0.264 e. The Morgan fingerprint density at radius 3 is 2.23 bits per heavy atom. The molecule has 0 heterocycles. The third kappa shape index (κ3) is 3.85. The lowest BCUT2D eigenvalue weighted by Gasteiger charge is -2.21. The molecule has 0 aliphatic carbocycles. The van der Waals surface area contributed by atoms with Gasteiger partial charge in [-0.25, -0.2) is 0 Å². The molecule has 2 amide bonds. The van der Waals surface area contributed by atoms with E-state index >= 15 is 0 Å². The molecule has 114 valence electrons. The molecule has 2 aromatic carbocycles. The van der Waals surface area contributed by atoms with Crippen molar-refractivity contribution in [2.45, 2.75) is 6.92 Å². The van der Waals surface area contributed by atoms with Gasteiger partial charge in [0.1, 0.15) is 5.75 Å². The predicted molar refractivity (Wildman–Crippen MR) is 84.9 cm³/mol. The summed E-state index contributed by atoms with van der Waals surface area (Å²) in [5, 5.41) is 0. The molecular formula is C17H18N2O3. The third-order valence-corrected chi connectivity index (χ3v) is 3.19. The van der Waals surface area contributed by atoms with E-state index < -0.39 is 5.91 Å². The Morgan fingerprint density at radius 1 is 1.05 bits per heavy atom. The highest BCUT2D eigenvalue weighted by Gasteiger charge is 2.14. The number of hydrogen-bond acceptors (Lipinski definition) is 3. The number of hydrogen-bond donors (Lipinski definition) is 1. The van der Waals surface area contributed by atoms with E-state index in [-0.39, 0.29) is 12.5 Å². The second-order valence-electron chi connectivity index (χ2n) is 4.65. The summed E-state index contributed by atoms with van der Waals surface area (Å²) in [7, 11) is 0. The van der Waals surface area contributed by atoms with Crippen LogP contribution in [0.3, 0.4) is 0 Å². The van der Waals surface area contributed by atoms with Crippen LogP contribution in [0.5, 0.6) is 5.75 Å². The Morgan fingerprint density at radius 2 is 1.68 bits per heavy atom. The van der Waals surface area contributed by atoms with Gasteiger partial charge in [0.25, 0.3) is 5.91 Å². The minimum atomic E-state index is -0.496. The van der Waals surface area contributed by atoms with Crippen molar-refractivity contribution in [3.8, 4) is 5.75 Å². The van der Waals surface area contributed by atoms with Crippen molar-refractivity contribution in [3.05, 3.63) is 60.2 Å². The van der Waals surface area contributed by atoms with Crippen molar-refractivity contribution in [1.29, 1.82) is 0 Å². The Balaban J connectivity index is 1.98. The molecule has 0 bridgehead atoms. The van der Waals surface area contributed by atoms with Gasteiger partial charge in [-0.1, -0.05) is 18.2 Å². The number of primary amides is 1. The maximum atomic E-state index is 12.3. The van der Waals surface area contributed by atoms with Crippen LogP contribution in [0, 0.1) is 0 Å². The Hall–Kier alpha value is -2.82. The standard InChI is InChI=1S/C17H18N2O3/c1-2-19(14-6-4-3-5-7-14)16(20)12-22-15-10-8-13(9-11-15)17(18)21/h3-11H,2,12H2,1H3,(H2,18,21). The van der Waals surface area contributed by atoms with Crippen molar-refractivity contribution in [1.82, 2.24) is 0 Å². The first-order valence-electron chi connectivity index (χ1n) is 7.00. The molecule has 0 radical (unpaired) electrons. The lowest BCUT2D eigenvalue weighted by Crippen LogP contribution is -2.34. The van der Waals surface area contributed by atoms with E-state index in [4.69, 9.17) is 10.5 Å². The fourth-order valence-electron chi connectivity index (χ4n) is 2.05. The van der Waals surface area contributed by atoms with Crippen LogP contribution in [0.2, 0.25) is 0 Å². The Kier molecular flexibility index (Phi) is 5.14. The third-order valence-electron chi connectivity index (χ3n) is 3.19. The van der Waals surface area contributed by atoms with E-state index in [1.54, 1.807) is 29.2 Å². The van der Waals surface area contributed by atoms with Gasteiger partial charge in [-0.15, -0.1) is 0 Å². The van der Waals surface area contributed by atoms with E-state index in [9.17, 15) is 9.59 Å². The number of carbonyl (C=O) groups excluding carboxylic acids is 2. The van der Waals surface area contributed by atoms with Gasteiger partial charge in [0.15, 0.2) is 6.61 Å². The van der Waals surface area contributed by atoms with Gasteiger partial charge in [0, 0.05) is 17.8 Å². The van der Waals surface area contributed by atoms with Crippen LogP contribution in [0.25, 0.3) is 0 Å². The molecule has 0 aliphatic rings. The summed E-state index contributed by atoms with van der Waals surface area (Å²) in [6.45, 7) is 2.40. The van der Waals surface area contributed by atoms with Gasteiger partial charge >= 0.3 is 0 Å². The molecule has 5 nitrogen and oxygen atoms in total. The zero-order valence-corrected chi connectivity index (χ0v) is 12.4. The van der Waals surface area contributed by atoms with Crippen LogP contribution in [-0.4, -0.2) is 25.0 Å². The molecule has 0 saturated heterocycles. The summed E-state index contributed by atoms with van der Waals surface area (Å²) in [6.07, 6.45) is 0. The minimum Gasteiger partial charge on any atom is -0.484 e. The van der Waals surface area contributed by atoms with Crippen LogP contribution in [0.1, 0.15) is 17.3 Å². The molecular weight excluding hydrogens is 280 g/mol. The number of benzene rings is 2. The van der Waals surface area contributed by atoms with Crippen LogP contribution in [0.15, 0.2) is 54.6 Å². The van der Waals surface area contributed by atoms with Crippen molar-refractivity contribution in [2.24, 2.45) is 5.73 Å². The summed E-state index contributed by atoms with van der Waals surface area (Å²) in [5.74, 6) is -0.112. The van der Waals surface area contributed by atoms with E-state index in [2.05, 4.69) is 0 Å². The predicted octanol–water partition coefficient (Wildman–Crippen LogP) is 2.22. The van der Waals surface area contributed by atoms with E-state index in [1.165, 1.54) is 0 Å². The minimum absolute atomic E-state index is 0.0708. The Labute approximate surface area is 129 Å². The average molecular weight is 298 g/mol. The largest absolute Gasteiger partial charge is 0.484 e. The molecule has 0 fully saturated rings. The van der Waals surface area contributed by atoms with Crippen LogP contribution >= 0.6 is 0 Å². The monoisotopic (exact) mass is 298 g/mol. The first-order chi connectivity index (χ1) is 10.6. The molecule has 0 aromatic heterocycles. The van der Waals surface area contributed by atoms with Gasteiger partial charge in [-0.2, -0.15) is 0 Å². The zero-order chi connectivity index (χ0) is 15.9. The van der Waals surface area contributed by atoms with Crippen molar-refractivity contribution in [2.75, 3.05) is 18.1 Å². The second kappa shape index (κ2) is 7.26. The van der Waals surface area contributed by atoms with Gasteiger partial charge in [-0.05, 0) is 43.3 Å². The topological polar surface area (TPSA) is 72.6 Å². The van der Waals surface area contributed by atoms with Crippen LogP contribution in [0.4, 0.5) is 5.69 Å². The highest BCUT2D eigenvalue weighted by molar-refractivity contribution is 5.94. The van der Waals surface area contributed by atoms with Crippen LogP contribution in [-0.2, 0) is 4.79 Å². The Bertz CT molecular complexity index is 639. The summed E-state index contributed by atoms with van der Waals surface area (Å²) < 4.78 is 5.46. The number of para-hydroxylation sites is 1. The van der Waals surface area contributed by atoms with Gasteiger partial charge in [-0.3, -0.25) is 9.59 Å². The van der Waals surface area contributed by atoms with Crippen molar-refractivity contribution in [3.63, 3.8) is 0 Å². The molecule has 0 saturated carbocycles. The molecule has 22 heavy (non-hydrogen) atoms. The molecule has 0 spiro atoms. The summed E-state index contributed by atoms with van der Waals surface area (Å²) >= 11 is 0. The normalized spacial score (nSPS) is 10.0. The number of rotatable bonds is 6. The lowest BCUT2D eigenvalue weighted by molar-refractivity contribution is -0.120. The fraction of sp³-hybridized carbons (Fsp3) is 0.176. The zero-order valence-electron chi connectivity index (χ0n) is 12.4. The summed E-state index contributed by atoms with van der Waals surface area (Å²) in [4.78, 5) is 24.9. The van der Waals surface area contributed by atoms with Crippen molar-refractivity contribution >= 4 is 17.5 Å². The summed E-state index contributed by atoms with van der Waals surface area (Å²) in [6, 6.07) is 15.8. The summed E-state index contributed by atoms with van der Waals surface area (Å²) in [5.41, 5.74) is 6.40. The number of anilines is 1. The van der Waals surface area contributed by atoms with E-state index in [0.29, 0.717) is 17.9 Å². The first-order valence-corrected chi connectivity index (χ1v) is 7.00. The number of carbonyl (C=O) groups is 2. The van der Waals surface area contributed by atoms with E-state index in [0.717, 1.165) is 5.69 Å².